The number of hydrogen-bond donors (Lipinski definition) is 2. The Morgan fingerprint density at radius 1 is 1.24 bits per heavy atom. The molecule has 0 saturated carbocycles. The van der Waals surface area contributed by atoms with E-state index < -0.39 is 5.54 Å². The molecule has 1 atom stereocenters. The highest BCUT2D eigenvalue weighted by atomic mass is 32.2. The molecule has 3 rings (SSSR count). The van der Waals surface area contributed by atoms with E-state index in [0.717, 1.165) is 10.5 Å². The monoisotopic (exact) mass is 413 g/mol. The third kappa shape index (κ3) is 5.49. The molecule has 152 valence electrons. The van der Waals surface area contributed by atoms with Crippen LogP contribution in [-0.2, 0) is 10.3 Å². The number of nitrogens with zero attached hydrogens (tertiary/aromatic N) is 1. The lowest BCUT2D eigenvalue weighted by atomic mass is 9.83. The molecular formula is C22H24FN3O2S. The minimum Gasteiger partial charge on any atom is -0.381 e. The first-order valence-electron chi connectivity index (χ1n) is 9.58. The maximum Gasteiger partial charge on any atom is 0.319 e. The van der Waals surface area contributed by atoms with Gasteiger partial charge in [-0.15, -0.1) is 11.8 Å². The van der Waals surface area contributed by atoms with Gasteiger partial charge in [0.15, 0.2) is 0 Å². The Labute approximate surface area is 174 Å². The molecule has 1 saturated heterocycles. The summed E-state index contributed by atoms with van der Waals surface area (Å²) in [7, 11) is 0. The fourth-order valence-corrected chi connectivity index (χ4v) is 4.40. The molecular weight excluding hydrogens is 389 g/mol. The van der Waals surface area contributed by atoms with Gasteiger partial charge in [0.05, 0.1) is 17.3 Å². The van der Waals surface area contributed by atoms with E-state index in [1.54, 1.807) is 23.9 Å². The van der Waals surface area contributed by atoms with E-state index in [0.29, 0.717) is 38.2 Å². The van der Waals surface area contributed by atoms with Gasteiger partial charge in [0.2, 0.25) is 0 Å². The van der Waals surface area contributed by atoms with E-state index in [1.807, 2.05) is 31.2 Å². The molecule has 1 unspecified atom stereocenters. The summed E-state index contributed by atoms with van der Waals surface area (Å²) in [4.78, 5) is 13.8. The van der Waals surface area contributed by atoms with Crippen molar-refractivity contribution in [3.8, 4) is 6.07 Å². The van der Waals surface area contributed by atoms with Crippen molar-refractivity contribution >= 4 is 23.5 Å². The van der Waals surface area contributed by atoms with Crippen LogP contribution in [0.5, 0.6) is 0 Å². The first kappa shape index (κ1) is 21.2. The summed E-state index contributed by atoms with van der Waals surface area (Å²) in [5.41, 5.74) is 0.954. The molecule has 0 bridgehead atoms. The molecule has 1 fully saturated rings. The van der Waals surface area contributed by atoms with Gasteiger partial charge in [-0.05, 0) is 42.7 Å². The Hall–Kier alpha value is -2.56. The smallest absolute Gasteiger partial charge is 0.319 e. The van der Waals surface area contributed by atoms with Crippen LogP contribution < -0.4 is 10.6 Å². The van der Waals surface area contributed by atoms with E-state index in [2.05, 4.69) is 16.7 Å². The number of hydrogen-bond acceptors (Lipinski definition) is 4. The Morgan fingerprint density at radius 3 is 2.62 bits per heavy atom. The second-order valence-electron chi connectivity index (χ2n) is 7.07. The van der Waals surface area contributed by atoms with Crippen LogP contribution in [0.4, 0.5) is 14.9 Å². The van der Waals surface area contributed by atoms with Gasteiger partial charge < -0.3 is 15.4 Å². The molecule has 2 aromatic rings. The van der Waals surface area contributed by atoms with Crippen LogP contribution in [0.2, 0.25) is 0 Å². The minimum absolute atomic E-state index is 0.118. The Bertz CT molecular complexity index is 876. The Balaban J connectivity index is 1.76. The molecule has 2 N–H and O–H groups in total. The summed E-state index contributed by atoms with van der Waals surface area (Å²) in [6.45, 7) is 3.03. The normalized spacial score (nSPS) is 16.4. The van der Waals surface area contributed by atoms with Crippen molar-refractivity contribution in [3.63, 3.8) is 0 Å². The fourth-order valence-electron chi connectivity index (χ4n) is 3.41. The molecule has 0 spiro atoms. The number of ether oxygens (including phenoxy) is 1. The molecule has 0 radical (unpaired) electrons. The van der Waals surface area contributed by atoms with E-state index in [4.69, 9.17) is 10.00 Å². The molecule has 2 aromatic carbocycles. The predicted octanol–water partition coefficient (Wildman–Crippen LogP) is 5.05. The number of thioether (sulfide) groups is 1. The molecule has 1 aliphatic heterocycles. The first-order valence-corrected chi connectivity index (χ1v) is 10.5. The number of carbonyl (C=O) groups is 1. The van der Waals surface area contributed by atoms with Crippen LogP contribution in [0, 0.1) is 17.1 Å². The number of amides is 2. The zero-order chi connectivity index (χ0) is 20.7. The summed E-state index contributed by atoms with van der Waals surface area (Å²) < 4.78 is 18.9. The predicted molar refractivity (Wildman–Crippen MR) is 112 cm³/mol. The van der Waals surface area contributed by atoms with Gasteiger partial charge in [0.1, 0.15) is 5.82 Å². The lowest BCUT2D eigenvalue weighted by Gasteiger charge is -2.38. The van der Waals surface area contributed by atoms with Crippen LogP contribution >= 0.6 is 11.8 Å². The van der Waals surface area contributed by atoms with Gasteiger partial charge in [-0.3, -0.25) is 0 Å². The second kappa shape index (κ2) is 9.77. The van der Waals surface area contributed by atoms with E-state index in [1.165, 1.54) is 12.1 Å². The molecule has 0 aliphatic carbocycles. The van der Waals surface area contributed by atoms with Gasteiger partial charge in [-0.25, -0.2) is 9.18 Å². The van der Waals surface area contributed by atoms with Gasteiger partial charge in [0, 0.05) is 29.8 Å². The van der Waals surface area contributed by atoms with E-state index in [-0.39, 0.29) is 17.1 Å². The summed E-state index contributed by atoms with van der Waals surface area (Å²) in [6, 6.07) is 15.6. The highest BCUT2D eigenvalue weighted by Crippen LogP contribution is 2.34. The quantitative estimate of drug-likeness (QED) is 0.650. The van der Waals surface area contributed by atoms with Gasteiger partial charge in [-0.2, -0.15) is 5.26 Å². The molecule has 1 aliphatic rings. The molecule has 29 heavy (non-hydrogen) atoms. The van der Waals surface area contributed by atoms with Crippen LogP contribution in [0.25, 0.3) is 0 Å². The lowest BCUT2D eigenvalue weighted by Crippen LogP contribution is -2.50. The summed E-state index contributed by atoms with van der Waals surface area (Å²) in [6.07, 6.45) is 1.65. The number of nitriles is 1. The second-order valence-corrected chi connectivity index (χ2v) is 8.55. The van der Waals surface area contributed by atoms with Crippen molar-refractivity contribution in [2.45, 2.75) is 41.9 Å². The molecule has 7 heteroatoms. The highest BCUT2D eigenvalue weighted by molar-refractivity contribution is 8.00. The maximum atomic E-state index is 13.4. The van der Waals surface area contributed by atoms with Gasteiger partial charge in [-0.1, -0.05) is 31.2 Å². The number of anilines is 1. The zero-order valence-corrected chi connectivity index (χ0v) is 17.1. The molecule has 2 amide bonds. The summed E-state index contributed by atoms with van der Waals surface area (Å²) in [5, 5.41) is 15.1. The number of rotatable bonds is 6. The van der Waals surface area contributed by atoms with Crippen molar-refractivity contribution in [2.24, 2.45) is 0 Å². The number of benzene rings is 2. The van der Waals surface area contributed by atoms with E-state index >= 15 is 0 Å². The molecule has 5 nitrogen and oxygen atoms in total. The molecule has 1 heterocycles. The topological polar surface area (TPSA) is 74.2 Å². The first-order chi connectivity index (χ1) is 14.0. The summed E-state index contributed by atoms with van der Waals surface area (Å²) in [5.74, 6) is -0.308. The van der Waals surface area contributed by atoms with Crippen molar-refractivity contribution < 1.29 is 13.9 Å². The lowest BCUT2D eigenvalue weighted by molar-refractivity contribution is 0.0417. The average molecular weight is 414 g/mol. The maximum absolute atomic E-state index is 13.4. The largest absolute Gasteiger partial charge is 0.381 e. The SMILES string of the molecule is CC(CC#N)Sc1ccccc1NC(=O)NC1(c2ccc(F)cc2)CCOCC1. The number of carbonyl (C=O) groups excluding carboxylic acids is 1. The number of nitrogens with one attached hydrogen (secondary N) is 2. The summed E-state index contributed by atoms with van der Waals surface area (Å²) >= 11 is 1.55. The number of halogens is 1. The fraction of sp³-hybridized carbons (Fsp3) is 0.364. The van der Waals surface area contributed by atoms with Crippen LogP contribution in [-0.4, -0.2) is 24.5 Å². The van der Waals surface area contributed by atoms with Crippen LogP contribution in [0.3, 0.4) is 0 Å². The average Bonchev–Trinajstić information content (AvgIpc) is 2.71. The molecule has 0 aromatic heterocycles. The Morgan fingerprint density at radius 2 is 1.93 bits per heavy atom. The number of para-hydroxylation sites is 1. The minimum atomic E-state index is -0.605. The third-order valence-electron chi connectivity index (χ3n) is 4.94. The highest BCUT2D eigenvalue weighted by Gasteiger charge is 2.36. The third-order valence-corrected chi connectivity index (χ3v) is 6.12. The van der Waals surface area contributed by atoms with Gasteiger partial charge >= 0.3 is 6.03 Å². The van der Waals surface area contributed by atoms with Crippen molar-refractivity contribution in [1.29, 1.82) is 5.26 Å². The van der Waals surface area contributed by atoms with Crippen molar-refractivity contribution in [2.75, 3.05) is 18.5 Å². The standard InChI is InChI=1S/C22H24FN3O2S/c1-16(10-13-24)29-20-5-3-2-4-19(20)25-21(27)26-22(11-14-28-15-12-22)17-6-8-18(23)9-7-17/h2-9,16H,10-12,14-15H2,1H3,(H2,25,26,27). The van der Waals surface area contributed by atoms with Crippen molar-refractivity contribution in [1.82, 2.24) is 5.32 Å². The Kier molecular flexibility index (Phi) is 7.13. The van der Waals surface area contributed by atoms with Crippen molar-refractivity contribution in [3.05, 3.63) is 59.9 Å². The van der Waals surface area contributed by atoms with Crippen LogP contribution in [0.15, 0.2) is 53.4 Å². The van der Waals surface area contributed by atoms with E-state index in [9.17, 15) is 9.18 Å². The number of urea groups is 1. The van der Waals surface area contributed by atoms with Crippen LogP contribution in [0.1, 0.15) is 31.7 Å². The van der Waals surface area contributed by atoms with Gasteiger partial charge in [0.25, 0.3) is 0 Å². The zero-order valence-electron chi connectivity index (χ0n) is 16.3.